The van der Waals surface area contributed by atoms with Crippen LogP contribution in [0, 0.1) is 0 Å². The summed E-state index contributed by atoms with van der Waals surface area (Å²) < 4.78 is 34.8. The number of halogens is 3. The number of amides is 2. The standard InChI is InChI=1S/C27H28BrCl2N3O5S/c1-4-38-22-10-8-21(9-11-22)33(39(36,37)23-12-6-20(28)7-13-23)17-26(34)32(18(2)27(35)31-3)16-19-5-14-24(29)25(30)15-19/h5-15,18H,4,16-17H2,1-3H3,(H,31,35)/t18-/m1/s1. The van der Waals surface area contributed by atoms with Crippen molar-refractivity contribution >= 4 is 66.7 Å². The van der Waals surface area contributed by atoms with Gasteiger partial charge in [0, 0.05) is 18.1 Å². The molecule has 3 aromatic rings. The lowest BCUT2D eigenvalue weighted by Crippen LogP contribution is -2.50. The molecule has 0 saturated carbocycles. The zero-order valence-electron chi connectivity index (χ0n) is 21.5. The Morgan fingerprint density at radius 3 is 2.21 bits per heavy atom. The van der Waals surface area contributed by atoms with Crippen LogP contribution >= 0.6 is 39.1 Å². The topological polar surface area (TPSA) is 96.0 Å². The largest absolute Gasteiger partial charge is 0.494 e. The zero-order chi connectivity index (χ0) is 28.7. The molecule has 0 saturated heterocycles. The first-order valence-electron chi connectivity index (χ1n) is 11.9. The van der Waals surface area contributed by atoms with Crippen LogP contribution in [-0.2, 0) is 26.2 Å². The van der Waals surface area contributed by atoms with Gasteiger partial charge in [-0.25, -0.2) is 8.42 Å². The average Bonchev–Trinajstić information content (AvgIpc) is 2.92. The van der Waals surface area contributed by atoms with E-state index in [9.17, 15) is 18.0 Å². The van der Waals surface area contributed by atoms with Crippen molar-refractivity contribution in [3.8, 4) is 5.75 Å². The van der Waals surface area contributed by atoms with Crippen molar-refractivity contribution in [1.82, 2.24) is 10.2 Å². The predicted octanol–water partition coefficient (Wildman–Crippen LogP) is 5.51. The lowest BCUT2D eigenvalue weighted by atomic mass is 10.1. The Labute approximate surface area is 247 Å². The van der Waals surface area contributed by atoms with Gasteiger partial charge < -0.3 is 15.0 Å². The molecule has 0 aliphatic rings. The number of rotatable bonds is 11. The van der Waals surface area contributed by atoms with Crippen molar-refractivity contribution in [2.24, 2.45) is 0 Å². The molecule has 1 atom stereocenters. The molecule has 0 aromatic heterocycles. The molecule has 0 bridgehead atoms. The summed E-state index contributed by atoms with van der Waals surface area (Å²) in [6, 6.07) is 16.5. The lowest BCUT2D eigenvalue weighted by molar-refractivity contribution is -0.139. The van der Waals surface area contributed by atoms with Crippen LogP contribution in [-0.4, -0.2) is 51.4 Å². The summed E-state index contributed by atoms with van der Waals surface area (Å²) in [5, 5.41) is 3.18. The molecule has 2 amide bonds. The number of nitrogens with one attached hydrogen (secondary N) is 1. The van der Waals surface area contributed by atoms with Crippen molar-refractivity contribution in [3.05, 3.63) is 86.8 Å². The minimum absolute atomic E-state index is 0.000240. The number of sulfonamides is 1. The molecule has 8 nitrogen and oxygen atoms in total. The highest BCUT2D eigenvalue weighted by atomic mass is 79.9. The first-order chi connectivity index (χ1) is 18.5. The Morgan fingerprint density at radius 1 is 1.00 bits per heavy atom. The van der Waals surface area contributed by atoms with Gasteiger partial charge in [0.15, 0.2) is 0 Å². The summed E-state index contributed by atoms with van der Waals surface area (Å²) in [7, 11) is -2.71. The van der Waals surface area contributed by atoms with Gasteiger partial charge in [-0.05, 0) is 80.1 Å². The maximum atomic E-state index is 13.8. The summed E-state index contributed by atoms with van der Waals surface area (Å²) in [5.74, 6) is -0.443. The molecule has 0 aliphatic heterocycles. The van der Waals surface area contributed by atoms with Gasteiger partial charge in [0.1, 0.15) is 18.3 Å². The van der Waals surface area contributed by atoms with Crippen molar-refractivity contribution in [2.75, 3.05) is 24.5 Å². The Bertz CT molecular complexity index is 1420. The molecule has 208 valence electrons. The van der Waals surface area contributed by atoms with Crippen LogP contribution in [0.25, 0.3) is 0 Å². The van der Waals surface area contributed by atoms with Crippen LogP contribution in [0.5, 0.6) is 5.75 Å². The SMILES string of the molecule is CCOc1ccc(N(CC(=O)N(Cc2ccc(Cl)c(Cl)c2)[C@H](C)C(=O)NC)S(=O)(=O)c2ccc(Br)cc2)cc1. The number of anilines is 1. The molecule has 0 fully saturated rings. The second kappa shape index (κ2) is 13.5. The van der Waals surface area contributed by atoms with Gasteiger partial charge in [0.05, 0.1) is 27.2 Å². The van der Waals surface area contributed by atoms with Gasteiger partial charge in [-0.15, -0.1) is 0 Å². The Kier molecular flexibility index (Phi) is 10.7. The highest BCUT2D eigenvalue weighted by Crippen LogP contribution is 2.28. The van der Waals surface area contributed by atoms with Gasteiger partial charge in [0.2, 0.25) is 11.8 Å². The van der Waals surface area contributed by atoms with Crippen LogP contribution in [0.2, 0.25) is 10.0 Å². The smallest absolute Gasteiger partial charge is 0.264 e. The maximum Gasteiger partial charge on any atom is 0.264 e. The fraction of sp³-hybridized carbons (Fsp3) is 0.259. The number of hydrogen-bond acceptors (Lipinski definition) is 5. The third-order valence-corrected chi connectivity index (χ3v) is 8.92. The molecule has 3 rings (SSSR count). The zero-order valence-corrected chi connectivity index (χ0v) is 25.4. The molecule has 0 spiro atoms. The number of carbonyl (C=O) groups is 2. The van der Waals surface area contributed by atoms with E-state index in [-0.39, 0.29) is 17.1 Å². The highest BCUT2D eigenvalue weighted by molar-refractivity contribution is 9.10. The summed E-state index contributed by atoms with van der Waals surface area (Å²) in [5.41, 5.74) is 0.883. The number of benzene rings is 3. The van der Waals surface area contributed by atoms with E-state index in [2.05, 4.69) is 21.2 Å². The lowest BCUT2D eigenvalue weighted by Gasteiger charge is -2.32. The Morgan fingerprint density at radius 2 is 1.64 bits per heavy atom. The molecule has 0 unspecified atom stereocenters. The normalized spacial score (nSPS) is 11.9. The molecular weight excluding hydrogens is 629 g/mol. The summed E-state index contributed by atoms with van der Waals surface area (Å²) >= 11 is 15.5. The van der Waals surface area contributed by atoms with Gasteiger partial charge >= 0.3 is 0 Å². The van der Waals surface area contributed by atoms with E-state index in [0.717, 1.165) is 4.31 Å². The molecule has 0 aliphatic carbocycles. The van der Waals surface area contributed by atoms with Crippen LogP contribution in [0.1, 0.15) is 19.4 Å². The molecule has 12 heteroatoms. The Hall–Kier alpha value is -2.79. The van der Waals surface area contributed by atoms with Gasteiger partial charge in [-0.3, -0.25) is 13.9 Å². The highest BCUT2D eigenvalue weighted by Gasteiger charge is 2.32. The molecule has 0 radical (unpaired) electrons. The van der Waals surface area contributed by atoms with E-state index in [1.807, 2.05) is 6.92 Å². The number of nitrogens with zero attached hydrogens (tertiary/aromatic N) is 2. The van der Waals surface area contributed by atoms with Crippen molar-refractivity contribution in [2.45, 2.75) is 31.3 Å². The molecule has 3 aromatic carbocycles. The molecule has 1 N–H and O–H groups in total. The van der Waals surface area contributed by atoms with Crippen molar-refractivity contribution in [3.63, 3.8) is 0 Å². The van der Waals surface area contributed by atoms with E-state index in [4.69, 9.17) is 27.9 Å². The quantitative estimate of drug-likeness (QED) is 0.294. The maximum absolute atomic E-state index is 13.8. The van der Waals surface area contributed by atoms with E-state index >= 15 is 0 Å². The average molecular weight is 657 g/mol. The van der Waals surface area contributed by atoms with E-state index < -0.39 is 34.4 Å². The monoisotopic (exact) mass is 655 g/mol. The van der Waals surface area contributed by atoms with Crippen LogP contribution in [0.3, 0.4) is 0 Å². The number of carbonyl (C=O) groups excluding carboxylic acids is 2. The predicted molar refractivity (Wildman–Crippen MR) is 157 cm³/mol. The van der Waals surface area contributed by atoms with Gasteiger partial charge in [-0.1, -0.05) is 45.2 Å². The minimum Gasteiger partial charge on any atom is -0.494 e. The molecule has 0 heterocycles. The van der Waals surface area contributed by atoms with E-state index in [1.54, 1.807) is 61.5 Å². The first-order valence-corrected chi connectivity index (χ1v) is 14.9. The summed E-state index contributed by atoms with van der Waals surface area (Å²) in [4.78, 5) is 27.7. The number of likely N-dealkylation sites (N-methyl/N-ethyl adjacent to an activating group) is 1. The van der Waals surface area contributed by atoms with Gasteiger partial charge in [-0.2, -0.15) is 0 Å². The van der Waals surface area contributed by atoms with Crippen molar-refractivity contribution in [1.29, 1.82) is 0 Å². The number of ether oxygens (including phenoxy) is 1. The van der Waals surface area contributed by atoms with E-state index in [1.165, 1.54) is 24.1 Å². The second-order valence-corrected chi connectivity index (χ2v) is 12.0. The van der Waals surface area contributed by atoms with Gasteiger partial charge in [0.25, 0.3) is 10.0 Å². The number of hydrogen-bond donors (Lipinski definition) is 1. The third kappa shape index (κ3) is 7.66. The van der Waals surface area contributed by atoms with Crippen LogP contribution < -0.4 is 14.4 Å². The van der Waals surface area contributed by atoms with Crippen molar-refractivity contribution < 1.29 is 22.7 Å². The summed E-state index contributed by atoms with van der Waals surface area (Å²) in [6.45, 7) is 3.29. The molecular formula is C27H28BrCl2N3O5S. The summed E-state index contributed by atoms with van der Waals surface area (Å²) in [6.07, 6.45) is 0. The van der Waals surface area contributed by atoms with Crippen LogP contribution in [0.15, 0.2) is 76.1 Å². The van der Waals surface area contributed by atoms with E-state index in [0.29, 0.717) is 32.4 Å². The minimum atomic E-state index is -4.18. The van der Waals surface area contributed by atoms with Crippen LogP contribution in [0.4, 0.5) is 5.69 Å². The third-order valence-electron chi connectivity index (χ3n) is 5.87. The first kappa shape index (κ1) is 30.7. The fourth-order valence-corrected chi connectivity index (χ4v) is 5.76. The Balaban J connectivity index is 2.04. The fourth-order valence-electron chi connectivity index (χ4n) is 3.76. The second-order valence-electron chi connectivity index (χ2n) is 8.45. The molecule has 39 heavy (non-hydrogen) atoms.